The van der Waals surface area contributed by atoms with Crippen molar-refractivity contribution in [1.82, 2.24) is 15.4 Å². The first-order valence-electron chi connectivity index (χ1n) is 11.5. The molecule has 0 radical (unpaired) electrons. The molecule has 0 aliphatic heterocycles. The van der Waals surface area contributed by atoms with E-state index in [2.05, 4.69) is 32.0 Å². The summed E-state index contributed by atoms with van der Waals surface area (Å²) in [6, 6.07) is 12.8. The second-order valence-corrected chi connectivity index (χ2v) is 10.0. The highest BCUT2D eigenvalue weighted by Gasteiger charge is 2.23. The summed E-state index contributed by atoms with van der Waals surface area (Å²) in [5, 5.41) is 4.97. The van der Waals surface area contributed by atoms with Crippen molar-refractivity contribution in [3.05, 3.63) is 92.3 Å². The second-order valence-electron chi connectivity index (χ2n) is 9.11. The topological polar surface area (TPSA) is 111 Å². The van der Waals surface area contributed by atoms with Gasteiger partial charge in [0.2, 0.25) is 5.82 Å². The summed E-state index contributed by atoms with van der Waals surface area (Å²) in [6.45, 7) is 5.00. The predicted octanol–water partition coefficient (Wildman–Crippen LogP) is 4.87. The Kier molecular flexibility index (Phi) is 9.59. The number of nitrogens with zero attached hydrogens (tertiary/aromatic N) is 1. The Morgan fingerprint density at radius 1 is 1.08 bits per heavy atom. The van der Waals surface area contributed by atoms with Crippen LogP contribution in [0.4, 0.5) is 25.0 Å². The third-order valence-corrected chi connectivity index (χ3v) is 5.38. The minimum atomic E-state index is -1.28. The maximum Gasteiger partial charge on any atom is 0.407 e. The molecule has 0 aliphatic rings. The lowest BCUT2D eigenvalue weighted by atomic mass is 10.1. The summed E-state index contributed by atoms with van der Waals surface area (Å²) in [5.74, 6) is -2.91. The Balaban J connectivity index is 1.82. The fourth-order valence-electron chi connectivity index (χ4n) is 3.24. The summed E-state index contributed by atoms with van der Waals surface area (Å²) >= 11 is 3.14. The first-order chi connectivity index (χ1) is 17.9. The van der Waals surface area contributed by atoms with Crippen LogP contribution >= 0.6 is 15.9 Å². The number of amides is 2. The predicted molar refractivity (Wildman–Crippen MR) is 141 cm³/mol. The molecule has 0 unspecified atom stereocenters. The summed E-state index contributed by atoms with van der Waals surface area (Å²) in [4.78, 5) is 42.6. The largest absolute Gasteiger partial charge is 0.444 e. The molecule has 1 aromatic heterocycles. The molecule has 9 nitrogen and oxygen atoms in total. The van der Waals surface area contributed by atoms with Crippen LogP contribution in [-0.4, -0.2) is 35.3 Å². The van der Waals surface area contributed by atoms with Gasteiger partial charge in [0.1, 0.15) is 11.4 Å². The molecule has 3 N–H and O–H groups in total. The molecule has 38 heavy (non-hydrogen) atoms. The van der Waals surface area contributed by atoms with Gasteiger partial charge >= 0.3 is 6.09 Å². The lowest BCUT2D eigenvalue weighted by Crippen LogP contribution is -2.36. The Morgan fingerprint density at radius 3 is 2.45 bits per heavy atom. The molecule has 0 bridgehead atoms. The quantitative estimate of drug-likeness (QED) is 0.241. The fraction of sp³-hybridized carbons (Fsp3) is 0.269. The highest BCUT2D eigenvalue weighted by Crippen LogP contribution is 2.27. The number of hydrogen-bond donors (Lipinski definition) is 3. The van der Waals surface area contributed by atoms with Gasteiger partial charge in [0, 0.05) is 17.2 Å². The van der Waals surface area contributed by atoms with E-state index in [0.717, 1.165) is 16.8 Å². The van der Waals surface area contributed by atoms with E-state index in [-0.39, 0.29) is 30.9 Å². The molecule has 2 amide bonds. The fourth-order valence-corrected chi connectivity index (χ4v) is 3.57. The Labute approximate surface area is 226 Å². The third kappa shape index (κ3) is 8.12. The van der Waals surface area contributed by atoms with Gasteiger partial charge < -0.3 is 19.9 Å². The lowest BCUT2D eigenvalue weighted by Gasteiger charge is -2.19. The zero-order valence-electron chi connectivity index (χ0n) is 20.9. The van der Waals surface area contributed by atoms with Crippen molar-refractivity contribution in [1.29, 1.82) is 0 Å². The van der Waals surface area contributed by atoms with E-state index in [9.17, 15) is 18.8 Å². The molecule has 202 valence electrons. The van der Waals surface area contributed by atoms with Crippen LogP contribution in [0.3, 0.4) is 0 Å². The number of benzene rings is 2. The maximum atomic E-state index is 15.3. The normalized spacial score (nSPS) is 11.1. The average molecular weight is 593 g/mol. The van der Waals surface area contributed by atoms with E-state index in [1.807, 2.05) is 0 Å². The van der Waals surface area contributed by atoms with Crippen LogP contribution < -0.4 is 21.7 Å². The van der Waals surface area contributed by atoms with Gasteiger partial charge in [0.15, 0.2) is 0 Å². The highest BCUT2D eigenvalue weighted by atomic mass is 79.9. The molecule has 0 aliphatic carbocycles. The van der Waals surface area contributed by atoms with Crippen LogP contribution in [0.15, 0.2) is 64.0 Å². The van der Waals surface area contributed by atoms with E-state index < -0.39 is 40.5 Å². The van der Waals surface area contributed by atoms with E-state index in [0.29, 0.717) is 10.0 Å². The zero-order chi connectivity index (χ0) is 27.9. The smallest absolute Gasteiger partial charge is 0.407 e. The number of rotatable bonds is 9. The number of pyridine rings is 1. The van der Waals surface area contributed by atoms with Gasteiger partial charge in [-0.25, -0.2) is 14.7 Å². The van der Waals surface area contributed by atoms with Gasteiger partial charge in [-0.05, 0) is 44.5 Å². The molecule has 0 saturated carbocycles. The number of hydrogen-bond acceptors (Lipinski definition) is 6. The SMILES string of the molecule is CC(C)(C)OC(=O)NCCONC(=O)c1cn(Cc2ccccc2)c(=O)c(F)c1Nc1ccc(Br)cc1F. The number of carbonyl (C=O) groups excluding carboxylic acids is 2. The number of halogens is 3. The van der Waals surface area contributed by atoms with Gasteiger partial charge in [0.25, 0.3) is 11.5 Å². The average Bonchev–Trinajstić information content (AvgIpc) is 2.84. The third-order valence-electron chi connectivity index (χ3n) is 4.89. The molecule has 12 heteroatoms. The van der Waals surface area contributed by atoms with Gasteiger partial charge in [-0.2, -0.15) is 4.39 Å². The molecule has 0 spiro atoms. The molecule has 0 atom stereocenters. The number of nitrogens with one attached hydrogen (secondary N) is 3. The number of carbonyl (C=O) groups is 2. The van der Waals surface area contributed by atoms with E-state index in [1.165, 1.54) is 12.1 Å². The summed E-state index contributed by atoms with van der Waals surface area (Å²) in [5.41, 5.74) is 0.195. The lowest BCUT2D eigenvalue weighted by molar-refractivity contribution is 0.0283. The highest BCUT2D eigenvalue weighted by molar-refractivity contribution is 9.10. The van der Waals surface area contributed by atoms with Crippen LogP contribution in [0.5, 0.6) is 0 Å². The number of hydroxylamine groups is 1. The van der Waals surface area contributed by atoms with Gasteiger partial charge in [-0.3, -0.25) is 14.4 Å². The van der Waals surface area contributed by atoms with Crippen LogP contribution in [0.25, 0.3) is 0 Å². The molecule has 0 saturated heterocycles. The monoisotopic (exact) mass is 592 g/mol. The summed E-state index contributed by atoms with van der Waals surface area (Å²) in [7, 11) is 0. The first kappa shape index (κ1) is 28.8. The number of aromatic nitrogens is 1. The van der Waals surface area contributed by atoms with Crippen LogP contribution in [0, 0.1) is 11.6 Å². The number of anilines is 2. The molecule has 3 rings (SSSR count). The first-order valence-corrected chi connectivity index (χ1v) is 12.3. The van der Waals surface area contributed by atoms with E-state index in [4.69, 9.17) is 9.57 Å². The minimum Gasteiger partial charge on any atom is -0.444 e. The van der Waals surface area contributed by atoms with Crippen molar-refractivity contribution >= 4 is 39.3 Å². The van der Waals surface area contributed by atoms with E-state index in [1.54, 1.807) is 51.1 Å². The van der Waals surface area contributed by atoms with Gasteiger partial charge in [-0.1, -0.05) is 46.3 Å². The molecular formula is C26H27BrF2N4O5. The van der Waals surface area contributed by atoms with Gasteiger partial charge in [-0.15, -0.1) is 0 Å². The van der Waals surface area contributed by atoms with E-state index >= 15 is 4.39 Å². The van der Waals surface area contributed by atoms with Crippen LogP contribution in [0.2, 0.25) is 0 Å². The number of alkyl carbamates (subject to hydrolysis) is 1. The minimum absolute atomic E-state index is 0.00622. The standard InChI is InChI=1S/C26H27BrF2N4O5/c1-26(2,3)38-25(36)30-11-12-37-32-23(34)18-15-33(14-16-7-5-4-6-8-16)24(35)21(29)22(18)31-20-10-9-17(27)13-19(20)28/h4-10,13,15,31H,11-12,14H2,1-3H3,(H,30,36)(H,32,34). The zero-order valence-corrected chi connectivity index (χ0v) is 22.5. The van der Waals surface area contributed by atoms with Crippen molar-refractivity contribution in [3.63, 3.8) is 0 Å². The molecule has 1 heterocycles. The molecule has 3 aromatic rings. The maximum absolute atomic E-state index is 15.3. The Hall–Kier alpha value is -3.77. The number of ether oxygens (including phenoxy) is 1. The summed E-state index contributed by atoms with van der Waals surface area (Å²) in [6.07, 6.45) is 0.500. The molecular weight excluding hydrogens is 566 g/mol. The second kappa shape index (κ2) is 12.7. The summed E-state index contributed by atoms with van der Waals surface area (Å²) < 4.78 is 36.4. The van der Waals surface area contributed by atoms with Crippen LogP contribution in [-0.2, 0) is 16.1 Å². The molecule has 2 aromatic carbocycles. The Bertz CT molecular complexity index is 1360. The van der Waals surface area contributed by atoms with Crippen molar-refractivity contribution < 1.29 is 27.9 Å². The van der Waals surface area contributed by atoms with Crippen molar-refractivity contribution in [2.75, 3.05) is 18.5 Å². The van der Waals surface area contributed by atoms with Gasteiger partial charge in [0.05, 0.1) is 30.1 Å². The Morgan fingerprint density at radius 2 is 1.79 bits per heavy atom. The van der Waals surface area contributed by atoms with Crippen LogP contribution in [0.1, 0.15) is 36.7 Å². The van der Waals surface area contributed by atoms with Crippen molar-refractivity contribution in [2.45, 2.75) is 32.9 Å². The molecule has 0 fully saturated rings. The van der Waals surface area contributed by atoms with Crippen molar-refractivity contribution in [3.8, 4) is 0 Å². The van der Waals surface area contributed by atoms with Crippen molar-refractivity contribution in [2.24, 2.45) is 0 Å².